The number of anilines is 1. The van der Waals surface area contributed by atoms with Crippen molar-refractivity contribution in [2.75, 3.05) is 5.32 Å². The van der Waals surface area contributed by atoms with E-state index in [9.17, 15) is 0 Å². The van der Waals surface area contributed by atoms with E-state index in [1.807, 2.05) is 18.2 Å². The number of halogens is 1. The number of hydrogen-bond acceptors (Lipinski definition) is 4. The van der Waals surface area contributed by atoms with Crippen LogP contribution < -0.4 is 11.1 Å². The Morgan fingerprint density at radius 2 is 2.10 bits per heavy atom. The number of nitrogens with two attached hydrogens (primary N) is 1. The van der Waals surface area contributed by atoms with Crippen LogP contribution in [0.4, 0.5) is 5.69 Å². The second-order valence-corrected chi connectivity index (χ2v) is 4.32. The maximum absolute atomic E-state index is 5.80. The third-order valence-corrected chi connectivity index (χ3v) is 2.72. The predicted octanol–water partition coefficient (Wildman–Crippen LogP) is 1.37. The van der Waals surface area contributed by atoms with Crippen molar-refractivity contribution >= 4 is 35.6 Å². The van der Waals surface area contributed by atoms with Crippen LogP contribution in [0, 0.1) is 13.8 Å². The van der Waals surface area contributed by atoms with Gasteiger partial charge in [0.25, 0.3) is 0 Å². The van der Waals surface area contributed by atoms with Gasteiger partial charge in [-0.05, 0) is 42.3 Å². The molecule has 0 atom stereocenters. The molecule has 0 saturated carbocycles. The van der Waals surface area contributed by atoms with Gasteiger partial charge in [0.2, 0.25) is 0 Å². The molecule has 1 aromatic carbocycles. The lowest BCUT2D eigenvalue weighted by Crippen LogP contribution is -2.22. The lowest BCUT2D eigenvalue weighted by Gasteiger charge is -2.07. The number of benzene rings is 1. The molecule has 0 spiro atoms. The molecule has 1 aromatic heterocycles. The van der Waals surface area contributed by atoms with E-state index in [1.54, 1.807) is 7.05 Å². The van der Waals surface area contributed by atoms with Crippen molar-refractivity contribution in [2.24, 2.45) is 17.8 Å². The standard InChI is InChI=1S/C12H17N7.HI/c1-8-4-5-10(6-9(8)2)15-12(13)14-7-11-16-18-19(3)17-11;/h4-6H,7H2,1-3H3,(H3,13,14,15);1H. The summed E-state index contributed by atoms with van der Waals surface area (Å²) in [5, 5.41) is 14.6. The zero-order chi connectivity index (χ0) is 13.8. The van der Waals surface area contributed by atoms with E-state index in [-0.39, 0.29) is 24.0 Å². The van der Waals surface area contributed by atoms with Gasteiger partial charge in [-0.1, -0.05) is 6.07 Å². The highest BCUT2D eigenvalue weighted by atomic mass is 127. The van der Waals surface area contributed by atoms with Gasteiger partial charge >= 0.3 is 0 Å². The molecule has 0 unspecified atom stereocenters. The monoisotopic (exact) mass is 387 g/mol. The van der Waals surface area contributed by atoms with Crippen molar-refractivity contribution in [1.29, 1.82) is 0 Å². The van der Waals surface area contributed by atoms with Crippen LogP contribution in [0.3, 0.4) is 0 Å². The first kappa shape index (κ1) is 16.3. The highest BCUT2D eigenvalue weighted by molar-refractivity contribution is 14.0. The Bertz CT molecular complexity index is 606. The van der Waals surface area contributed by atoms with Crippen molar-refractivity contribution in [3.8, 4) is 0 Å². The molecular formula is C12H18IN7. The smallest absolute Gasteiger partial charge is 0.196 e. The Hall–Kier alpha value is -1.71. The minimum atomic E-state index is 0. The summed E-state index contributed by atoms with van der Waals surface area (Å²) in [4.78, 5) is 5.55. The molecule has 0 aliphatic heterocycles. The molecule has 8 heteroatoms. The summed E-state index contributed by atoms with van der Waals surface area (Å²) >= 11 is 0. The zero-order valence-electron chi connectivity index (χ0n) is 11.7. The summed E-state index contributed by atoms with van der Waals surface area (Å²) in [5.41, 5.74) is 9.16. The molecule has 2 aromatic rings. The van der Waals surface area contributed by atoms with E-state index in [1.165, 1.54) is 15.9 Å². The average Bonchev–Trinajstić information content (AvgIpc) is 2.77. The third-order valence-electron chi connectivity index (χ3n) is 2.72. The van der Waals surface area contributed by atoms with Crippen LogP contribution in [-0.2, 0) is 13.6 Å². The Morgan fingerprint density at radius 3 is 2.70 bits per heavy atom. The Labute approximate surface area is 134 Å². The molecule has 20 heavy (non-hydrogen) atoms. The summed E-state index contributed by atoms with van der Waals surface area (Å²) in [7, 11) is 1.71. The van der Waals surface area contributed by atoms with Gasteiger partial charge < -0.3 is 11.1 Å². The number of aliphatic imine (C=N–C) groups is 1. The van der Waals surface area contributed by atoms with Gasteiger partial charge in [0.15, 0.2) is 11.8 Å². The number of aryl methyl sites for hydroxylation is 3. The molecule has 7 nitrogen and oxygen atoms in total. The van der Waals surface area contributed by atoms with E-state index in [0.29, 0.717) is 18.3 Å². The second kappa shape index (κ2) is 7.17. The first-order valence-electron chi connectivity index (χ1n) is 5.91. The zero-order valence-corrected chi connectivity index (χ0v) is 14.0. The summed E-state index contributed by atoms with van der Waals surface area (Å²) in [6, 6.07) is 6.03. The maximum Gasteiger partial charge on any atom is 0.196 e. The van der Waals surface area contributed by atoms with Crippen LogP contribution >= 0.6 is 24.0 Å². The number of nitrogens with one attached hydrogen (secondary N) is 1. The SMILES string of the molecule is Cc1ccc(NC(N)=NCc2nnn(C)n2)cc1C.I. The van der Waals surface area contributed by atoms with Gasteiger partial charge in [-0.25, -0.2) is 4.99 Å². The first-order chi connectivity index (χ1) is 9.04. The van der Waals surface area contributed by atoms with E-state index >= 15 is 0 Å². The van der Waals surface area contributed by atoms with Crippen molar-refractivity contribution in [3.05, 3.63) is 35.2 Å². The lowest BCUT2D eigenvalue weighted by atomic mass is 10.1. The minimum Gasteiger partial charge on any atom is -0.370 e. The molecule has 1 heterocycles. The topological polar surface area (TPSA) is 94.0 Å². The molecule has 0 radical (unpaired) electrons. The van der Waals surface area contributed by atoms with Crippen molar-refractivity contribution in [3.63, 3.8) is 0 Å². The molecule has 0 saturated heterocycles. The Kier molecular flexibility index (Phi) is 5.86. The van der Waals surface area contributed by atoms with E-state index in [0.717, 1.165) is 5.69 Å². The normalized spacial score (nSPS) is 11.1. The van der Waals surface area contributed by atoms with Gasteiger partial charge in [0, 0.05) is 5.69 Å². The fourth-order valence-corrected chi connectivity index (χ4v) is 1.55. The van der Waals surface area contributed by atoms with Gasteiger partial charge in [-0.2, -0.15) is 4.80 Å². The van der Waals surface area contributed by atoms with E-state index < -0.39 is 0 Å². The molecular weight excluding hydrogens is 369 g/mol. The molecule has 0 fully saturated rings. The van der Waals surface area contributed by atoms with Crippen LogP contribution in [0.15, 0.2) is 23.2 Å². The third kappa shape index (κ3) is 4.44. The molecule has 0 aliphatic rings. The highest BCUT2D eigenvalue weighted by Gasteiger charge is 2.01. The molecule has 0 bridgehead atoms. The molecule has 0 amide bonds. The molecule has 3 N–H and O–H groups in total. The number of rotatable bonds is 3. The number of guanidine groups is 1. The van der Waals surface area contributed by atoms with Crippen LogP contribution in [0.1, 0.15) is 17.0 Å². The number of nitrogens with zero attached hydrogens (tertiary/aromatic N) is 5. The molecule has 108 valence electrons. The summed E-state index contributed by atoms with van der Waals surface area (Å²) in [6.45, 7) is 4.42. The summed E-state index contributed by atoms with van der Waals surface area (Å²) in [5.74, 6) is 0.864. The average molecular weight is 387 g/mol. The van der Waals surface area contributed by atoms with E-state index in [2.05, 4.69) is 39.6 Å². The molecule has 0 aliphatic carbocycles. The number of hydrogen-bond donors (Lipinski definition) is 2. The fourth-order valence-electron chi connectivity index (χ4n) is 1.55. The van der Waals surface area contributed by atoms with Crippen molar-refractivity contribution < 1.29 is 0 Å². The lowest BCUT2D eigenvalue weighted by molar-refractivity contribution is 0.627. The fraction of sp³-hybridized carbons (Fsp3) is 0.333. The van der Waals surface area contributed by atoms with Crippen LogP contribution in [0.25, 0.3) is 0 Å². The number of aromatic nitrogens is 4. The second-order valence-electron chi connectivity index (χ2n) is 4.32. The van der Waals surface area contributed by atoms with Crippen LogP contribution in [-0.4, -0.2) is 26.2 Å². The van der Waals surface area contributed by atoms with Crippen LogP contribution in [0.2, 0.25) is 0 Å². The van der Waals surface area contributed by atoms with Crippen molar-refractivity contribution in [2.45, 2.75) is 20.4 Å². The van der Waals surface area contributed by atoms with Gasteiger partial charge in [0.1, 0.15) is 6.54 Å². The maximum atomic E-state index is 5.80. The Balaban J connectivity index is 0.00000200. The van der Waals surface area contributed by atoms with Gasteiger partial charge in [-0.15, -0.1) is 34.2 Å². The molecule has 2 rings (SSSR count). The summed E-state index contributed by atoms with van der Waals surface area (Å²) < 4.78 is 0. The van der Waals surface area contributed by atoms with Crippen LogP contribution in [0.5, 0.6) is 0 Å². The first-order valence-corrected chi connectivity index (χ1v) is 5.91. The quantitative estimate of drug-likeness (QED) is 0.472. The number of tetrazole rings is 1. The van der Waals surface area contributed by atoms with Gasteiger partial charge in [0.05, 0.1) is 7.05 Å². The largest absolute Gasteiger partial charge is 0.370 e. The predicted molar refractivity (Wildman–Crippen MR) is 89.1 cm³/mol. The van der Waals surface area contributed by atoms with Gasteiger partial charge in [-0.3, -0.25) is 0 Å². The van der Waals surface area contributed by atoms with Crippen molar-refractivity contribution in [1.82, 2.24) is 20.2 Å². The highest BCUT2D eigenvalue weighted by Crippen LogP contribution is 2.13. The van der Waals surface area contributed by atoms with E-state index in [4.69, 9.17) is 5.73 Å². The minimum absolute atomic E-state index is 0. The summed E-state index contributed by atoms with van der Waals surface area (Å²) in [6.07, 6.45) is 0. The Morgan fingerprint density at radius 1 is 1.35 bits per heavy atom.